The molecule has 0 N–H and O–H groups in total. The van der Waals surface area contributed by atoms with Gasteiger partial charge < -0.3 is 0 Å². The standard InChI is InChI=1S/C22H40/c1-5-7-9-11-12-13-14-16-18-20-22(21(3)4)19-17-15-10-8-6-2/h21-22H,1-2,5-13,15,17-20H2,3-4H3. The fourth-order valence-electron chi connectivity index (χ4n) is 2.93. The van der Waals surface area contributed by atoms with Crippen molar-refractivity contribution >= 4 is 0 Å². The summed E-state index contributed by atoms with van der Waals surface area (Å²) in [5.74, 6) is 8.44. The molecule has 0 aliphatic rings. The lowest BCUT2D eigenvalue weighted by Crippen LogP contribution is -2.08. The fourth-order valence-corrected chi connectivity index (χ4v) is 2.93. The highest BCUT2D eigenvalue weighted by atomic mass is 14.2. The number of unbranched alkanes of at least 4 members (excludes halogenated alkanes) is 9. The van der Waals surface area contributed by atoms with E-state index in [-0.39, 0.29) is 0 Å². The molecule has 0 rings (SSSR count). The molecule has 2 radical (unpaired) electrons. The van der Waals surface area contributed by atoms with Crippen molar-refractivity contribution in [3.05, 3.63) is 13.8 Å². The molecule has 0 saturated carbocycles. The molecule has 0 saturated heterocycles. The Morgan fingerprint density at radius 3 is 1.77 bits per heavy atom. The highest BCUT2D eigenvalue weighted by Crippen LogP contribution is 2.23. The second kappa shape index (κ2) is 16.9. The molecule has 1 unspecified atom stereocenters. The van der Waals surface area contributed by atoms with Gasteiger partial charge in [-0.15, -0.1) is 11.8 Å². The van der Waals surface area contributed by atoms with Gasteiger partial charge in [-0.05, 0) is 24.7 Å². The summed E-state index contributed by atoms with van der Waals surface area (Å²) in [6.45, 7) is 12.5. The topological polar surface area (TPSA) is 0 Å². The van der Waals surface area contributed by atoms with Gasteiger partial charge in [0.1, 0.15) is 0 Å². The first-order valence-electron chi connectivity index (χ1n) is 9.76. The average molecular weight is 305 g/mol. The van der Waals surface area contributed by atoms with Crippen LogP contribution in [0.2, 0.25) is 0 Å². The van der Waals surface area contributed by atoms with E-state index in [2.05, 4.69) is 39.5 Å². The summed E-state index contributed by atoms with van der Waals surface area (Å²) in [5.41, 5.74) is 0. The molecule has 0 spiro atoms. The summed E-state index contributed by atoms with van der Waals surface area (Å²) in [4.78, 5) is 0. The van der Waals surface area contributed by atoms with Crippen LogP contribution in [0.25, 0.3) is 0 Å². The minimum absolute atomic E-state index is 0.803. The zero-order chi connectivity index (χ0) is 16.5. The van der Waals surface area contributed by atoms with E-state index in [4.69, 9.17) is 0 Å². The van der Waals surface area contributed by atoms with Gasteiger partial charge in [-0.3, -0.25) is 0 Å². The van der Waals surface area contributed by atoms with E-state index < -0.39 is 0 Å². The van der Waals surface area contributed by atoms with Crippen LogP contribution >= 0.6 is 0 Å². The maximum Gasteiger partial charge on any atom is 0.00914 e. The van der Waals surface area contributed by atoms with Gasteiger partial charge in [-0.25, -0.2) is 0 Å². The smallest absolute Gasteiger partial charge is 0.00914 e. The van der Waals surface area contributed by atoms with Crippen molar-refractivity contribution in [3.8, 4) is 11.8 Å². The first-order valence-corrected chi connectivity index (χ1v) is 9.76. The van der Waals surface area contributed by atoms with Crippen LogP contribution in [0.3, 0.4) is 0 Å². The first-order chi connectivity index (χ1) is 10.7. The quantitative estimate of drug-likeness (QED) is 0.232. The maximum atomic E-state index is 3.91. The van der Waals surface area contributed by atoms with E-state index in [0.717, 1.165) is 37.5 Å². The normalized spacial score (nSPS) is 12.2. The van der Waals surface area contributed by atoms with Gasteiger partial charge in [0, 0.05) is 12.8 Å². The maximum absolute atomic E-state index is 3.91. The molecule has 0 aliphatic heterocycles. The molecule has 0 heteroatoms. The van der Waals surface area contributed by atoms with Crippen molar-refractivity contribution in [2.24, 2.45) is 11.8 Å². The SMILES string of the molecule is [CH2]CCCCCCC#CCCC(CCCCCC[CH2])C(C)C. The third-order valence-corrected chi connectivity index (χ3v) is 4.58. The van der Waals surface area contributed by atoms with Crippen molar-refractivity contribution < 1.29 is 0 Å². The van der Waals surface area contributed by atoms with Crippen molar-refractivity contribution in [2.45, 2.75) is 104 Å². The second-order valence-corrected chi connectivity index (χ2v) is 6.97. The highest BCUT2D eigenvalue weighted by molar-refractivity contribution is 4.98. The molecular formula is C22H40. The average Bonchev–Trinajstić information content (AvgIpc) is 2.50. The lowest BCUT2D eigenvalue weighted by Gasteiger charge is -2.19. The van der Waals surface area contributed by atoms with E-state index in [9.17, 15) is 0 Å². The summed E-state index contributed by atoms with van der Waals surface area (Å²) >= 11 is 0. The van der Waals surface area contributed by atoms with Gasteiger partial charge in [-0.1, -0.05) is 91.9 Å². The number of rotatable bonds is 14. The van der Waals surface area contributed by atoms with Crippen molar-refractivity contribution in [2.75, 3.05) is 0 Å². The van der Waals surface area contributed by atoms with Crippen molar-refractivity contribution in [1.29, 1.82) is 0 Å². The Labute approximate surface area is 141 Å². The molecule has 0 aromatic heterocycles. The van der Waals surface area contributed by atoms with Crippen LogP contribution in [-0.2, 0) is 0 Å². The molecule has 0 amide bonds. The van der Waals surface area contributed by atoms with Gasteiger partial charge >= 0.3 is 0 Å². The third-order valence-electron chi connectivity index (χ3n) is 4.58. The van der Waals surface area contributed by atoms with E-state index >= 15 is 0 Å². The van der Waals surface area contributed by atoms with Gasteiger partial charge in [0.15, 0.2) is 0 Å². The van der Waals surface area contributed by atoms with Crippen LogP contribution in [0.1, 0.15) is 104 Å². The van der Waals surface area contributed by atoms with Crippen LogP contribution < -0.4 is 0 Å². The second-order valence-electron chi connectivity index (χ2n) is 6.97. The zero-order valence-electron chi connectivity index (χ0n) is 15.5. The van der Waals surface area contributed by atoms with E-state index in [1.54, 1.807) is 0 Å². The Balaban J connectivity index is 3.64. The van der Waals surface area contributed by atoms with Crippen molar-refractivity contribution in [1.82, 2.24) is 0 Å². The largest absolute Gasteiger partial charge is 0.103 e. The van der Waals surface area contributed by atoms with Crippen LogP contribution in [0, 0.1) is 37.5 Å². The number of hydrogen-bond acceptors (Lipinski definition) is 0. The Kier molecular flexibility index (Phi) is 16.6. The third kappa shape index (κ3) is 14.5. The van der Waals surface area contributed by atoms with Gasteiger partial charge in [-0.2, -0.15) is 0 Å². The lowest BCUT2D eigenvalue weighted by atomic mass is 9.86. The molecule has 0 nitrogen and oxygen atoms in total. The Bertz CT molecular complexity index is 265. The molecule has 22 heavy (non-hydrogen) atoms. The predicted molar refractivity (Wildman–Crippen MR) is 101 cm³/mol. The molecule has 0 heterocycles. The Morgan fingerprint density at radius 1 is 0.636 bits per heavy atom. The molecule has 128 valence electrons. The molecule has 0 aromatic carbocycles. The summed E-state index contributed by atoms with van der Waals surface area (Å²) < 4.78 is 0. The number of hydrogen-bond donors (Lipinski definition) is 0. The summed E-state index contributed by atoms with van der Waals surface area (Å²) in [5, 5.41) is 0. The van der Waals surface area contributed by atoms with E-state index in [1.165, 1.54) is 64.2 Å². The minimum Gasteiger partial charge on any atom is -0.103 e. The molecular weight excluding hydrogens is 264 g/mol. The lowest BCUT2D eigenvalue weighted by molar-refractivity contribution is 0.328. The molecule has 1 atom stereocenters. The van der Waals surface area contributed by atoms with Crippen LogP contribution in [-0.4, -0.2) is 0 Å². The molecule has 0 aromatic rings. The van der Waals surface area contributed by atoms with E-state index in [0.29, 0.717) is 0 Å². The molecule has 0 bridgehead atoms. The van der Waals surface area contributed by atoms with Crippen LogP contribution in [0.15, 0.2) is 0 Å². The molecule has 0 aliphatic carbocycles. The predicted octanol–water partition coefficient (Wildman–Crippen LogP) is 7.39. The zero-order valence-corrected chi connectivity index (χ0v) is 15.5. The monoisotopic (exact) mass is 304 g/mol. The highest BCUT2D eigenvalue weighted by Gasteiger charge is 2.11. The summed E-state index contributed by atoms with van der Waals surface area (Å²) in [6, 6.07) is 0. The Hall–Kier alpha value is -0.440. The molecule has 0 fully saturated rings. The minimum atomic E-state index is 0.803. The van der Waals surface area contributed by atoms with Crippen LogP contribution in [0.5, 0.6) is 0 Å². The van der Waals surface area contributed by atoms with Crippen molar-refractivity contribution in [3.63, 3.8) is 0 Å². The van der Waals surface area contributed by atoms with Gasteiger partial charge in [0.05, 0.1) is 0 Å². The fraction of sp³-hybridized carbons (Fsp3) is 0.818. The van der Waals surface area contributed by atoms with Gasteiger partial charge in [0.25, 0.3) is 0 Å². The Morgan fingerprint density at radius 2 is 1.18 bits per heavy atom. The summed E-state index contributed by atoms with van der Waals surface area (Å²) in [7, 11) is 0. The summed E-state index contributed by atoms with van der Waals surface area (Å²) in [6.07, 6.45) is 17.7. The van der Waals surface area contributed by atoms with Crippen LogP contribution in [0.4, 0.5) is 0 Å². The van der Waals surface area contributed by atoms with Gasteiger partial charge in [0.2, 0.25) is 0 Å². The van der Waals surface area contributed by atoms with E-state index in [1.807, 2.05) is 0 Å². The first kappa shape index (κ1) is 21.6.